The van der Waals surface area contributed by atoms with E-state index in [1.54, 1.807) is 0 Å². The van der Waals surface area contributed by atoms with Crippen LogP contribution in [-0.2, 0) is 12.8 Å². The van der Waals surface area contributed by atoms with Crippen LogP contribution in [0.4, 0.5) is 4.39 Å². The Labute approximate surface area is 191 Å². The number of unbranched alkanes of at least 4 members (excludes halogenated alkanes) is 4. The van der Waals surface area contributed by atoms with Crippen molar-refractivity contribution < 1.29 is 4.39 Å². The molecule has 0 spiro atoms. The van der Waals surface area contributed by atoms with Gasteiger partial charge in [0.1, 0.15) is 5.82 Å². The molecule has 31 heavy (non-hydrogen) atoms. The van der Waals surface area contributed by atoms with Gasteiger partial charge in [-0.2, -0.15) is 0 Å². The third-order valence-corrected chi connectivity index (χ3v) is 9.23. The van der Waals surface area contributed by atoms with Crippen molar-refractivity contribution in [1.82, 2.24) is 0 Å². The van der Waals surface area contributed by atoms with Gasteiger partial charge in [-0.1, -0.05) is 77.7 Å². The average Bonchev–Trinajstić information content (AvgIpc) is 2.79. The molecule has 0 heterocycles. The first-order valence-electron chi connectivity index (χ1n) is 14.0. The molecule has 5 unspecified atom stereocenters. The second-order valence-corrected chi connectivity index (χ2v) is 11.5. The highest BCUT2D eigenvalue weighted by atomic mass is 19.1. The van der Waals surface area contributed by atoms with Crippen LogP contribution in [-0.4, -0.2) is 0 Å². The summed E-state index contributed by atoms with van der Waals surface area (Å²) in [5.74, 6) is 4.30. The minimum absolute atomic E-state index is 0.122. The molecule has 174 valence electrons. The van der Waals surface area contributed by atoms with E-state index in [9.17, 15) is 0 Å². The van der Waals surface area contributed by atoms with E-state index in [0.29, 0.717) is 11.8 Å². The van der Waals surface area contributed by atoms with Gasteiger partial charge < -0.3 is 0 Å². The second kappa shape index (κ2) is 11.3. The molecule has 0 bridgehead atoms. The van der Waals surface area contributed by atoms with Gasteiger partial charge in [0.2, 0.25) is 0 Å². The van der Waals surface area contributed by atoms with E-state index in [4.69, 9.17) is 0 Å². The lowest BCUT2D eigenvalue weighted by atomic mass is 9.63. The van der Waals surface area contributed by atoms with Crippen LogP contribution >= 0.6 is 0 Å². The van der Waals surface area contributed by atoms with Crippen LogP contribution in [0, 0.1) is 29.5 Å². The molecular weight excluding hydrogens is 379 g/mol. The molecule has 1 heteroatoms. The minimum Gasteiger partial charge on any atom is -0.207 e. The van der Waals surface area contributed by atoms with Crippen molar-refractivity contribution in [3.63, 3.8) is 0 Å². The highest BCUT2D eigenvalue weighted by Crippen LogP contribution is 2.49. The maximum atomic E-state index is 15.2. The van der Waals surface area contributed by atoms with Gasteiger partial charge in [-0.25, -0.2) is 4.39 Å². The third-order valence-electron chi connectivity index (χ3n) is 9.23. The van der Waals surface area contributed by atoms with Gasteiger partial charge in [0, 0.05) is 0 Å². The highest BCUT2D eigenvalue weighted by molar-refractivity contribution is 5.37. The largest absolute Gasteiger partial charge is 0.207 e. The fourth-order valence-electron chi connectivity index (χ4n) is 7.40. The van der Waals surface area contributed by atoms with E-state index in [2.05, 4.69) is 19.9 Å². The van der Waals surface area contributed by atoms with E-state index in [-0.39, 0.29) is 5.82 Å². The van der Waals surface area contributed by atoms with Crippen molar-refractivity contribution in [2.24, 2.45) is 23.7 Å². The van der Waals surface area contributed by atoms with Gasteiger partial charge in [0.15, 0.2) is 0 Å². The van der Waals surface area contributed by atoms with Crippen molar-refractivity contribution >= 4 is 0 Å². The fraction of sp³-hybridized carbons (Fsp3) is 0.800. The Bertz CT molecular complexity index is 692. The van der Waals surface area contributed by atoms with Crippen LogP contribution in [0.2, 0.25) is 0 Å². The Kier molecular flexibility index (Phi) is 8.52. The molecule has 2 fully saturated rings. The molecule has 0 saturated heterocycles. The quantitative estimate of drug-likeness (QED) is 0.345. The molecule has 3 aliphatic carbocycles. The van der Waals surface area contributed by atoms with Crippen molar-refractivity contribution in [1.29, 1.82) is 0 Å². The Morgan fingerprint density at radius 1 is 0.774 bits per heavy atom. The summed E-state index contributed by atoms with van der Waals surface area (Å²) in [5, 5.41) is 0. The normalized spacial score (nSPS) is 30.6. The first-order valence-corrected chi connectivity index (χ1v) is 14.0. The Morgan fingerprint density at radius 3 is 2.42 bits per heavy atom. The summed E-state index contributed by atoms with van der Waals surface area (Å²) in [5.41, 5.74) is 3.76. The van der Waals surface area contributed by atoms with E-state index in [1.807, 2.05) is 6.07 Å². The Balaban J connectivity index is 1.33. The van der Waals surface area contributed by atoms with Gasteiger partial charge in [-0.05, 0) is 104 Å². The number of benzene rings is 1. The number of halogens is 1. The molecular formula is C30H47F. The molecule has 0 N–H and O–H groups in total. The molecule has 0 nitrogen and oxygen atoms in total. The summed E-state index contributed by atoms with van der Waals surface area (Å²) >= 11 is 0. The van der Waals surface area contributed by atoms with Gasteiger partial charge in [-0.15, -0.1) is 0 Å². The molecule has 3 aliphatic rings. The number of fused-ring (bicyclic) bond motifs is 2. The lowest BCUT2D eigenvalue weighted by Crippen LogP contribution is -2.30. The first kappa shape index (κ1) is 23.3. The molecule has 4 rings (SSSR count). The van der Waals surface area contributed by atoms with Crippen molar-refractivity contribution in [3.05, 3.63) is 34.6 Å². The molecule has 1 aromatic carbocycles. The van der Waals surface area contributed by atoms with Gasteiger partial charge in [0.05, 0.1) is 0 Å². The Hall–Kier alpha value is -0.850. The smallest absolute Gasteiger partial charge is 0.126 e. The standard InChI is InChI=1S/C30H47F/c1-3-5-6-7-8-10-23-12-14-27-20-28(21-30(31)29(27)18-23)26-16-15-24-17-22(9-4-2)11-13-25(24)19-26/h20-26H,3-19H2,1-2H3. The molecule has 0 amide bonds. The summed E-state index contributed by atoms with van der Waals surface area (Å²) in [6, 6.07) is 4.39. The van der Waals surface area contributed by atoms with Crippen molar-refractivity contribution in [2.45, 2.75) is 129 Å². The molecule has 1 aromatic rings. The van der Waals surface area contributed by atoms with E-state index < -0.39 is 0 Å². The van der Waals surface area contributed by atoms with Gasteiger partial charge in [-0.3, -0.25) is 0 Å². The van der Waals surface area contributed by atoms with Crippen LogP contribution < -0.4 is 0 Å². The van der Waals surface area contributed by atoms with Crippen LogP contribution in [0.15, 0.2) is 12.1 Å². The van der Waals surface area contributed by atoms with E-state index in [1.165, 1.54) is 107 Å². The van der Waals surface area contributed by atoms with Crippen LogP contribution in [0.3, 0.4) is 0 Å². The maximum absolute atomic E-state index is 15.2. The van der Waals surface area contributed by atoms with Crippen molar-refractivity contribution in [2.75, 3.05) is 0 Å². The summed E-state index contributed by atoms with van der Waals surface area (Å²) < 4.78 is 15.2. The maximum Gasteiger partial charge on any atom is 0.126 e. The number of hydrogen-bond acceptors (Lipinski definition) is 0. The third kappa shape index (κ3) is 5.94. The summed E-state index contributed by atoms with van der Waals surface area (Å²) in [6.07, 6.45) is 22.6. The number of aryl methyl sites for hydroxylation is 1. The number of hydrogen-bond donors (Lipinski definition) is 0. The minimum atomic E-state index is 0.122. The summed E-state index contributed by atoms with van der Waals surface area (Å²) in [7, 11) is 0. The molecule has 0 aromatic heterocycles. The molecule has 5 atom stereocenters. The second-order valence-electron chi connectivity index (χ2n) is 11.5. The first-order chi connectivity index (χ1) is 15.2. The predicted molar refractivity (Wildman–Crippen MR) is 131 cm³/mol. The van der Waals surface area contributed by atoms with Crippen LogP contribution in [0.1, 0.15) is 133 Å². The zero-order valence-corrected chi connectivity index (χ0v) is 20.4. The van der Waals surface area contributed by atoms with Crippen LogP contribution in [0.5, 0.6) is 0 Å². The predicted octanol–water partition coefficient (Wildman–Crippen LogP) is 9.39. The monoisotopic (exact) mass is 426 g/mol. The number of rotatable bonds is 9. The van der Waals surface area contributed by atoms with Gasteiger partial charge >= 0.3 is 0 Å². The Morgan fingerprint density at radius 2 is 1.58 bits per heavy atom. The average molecular weight is 427 g/mol. The zero-order chi connectivity index (χ0) is 21.6. The topological polar surface area (TPSA) is 0 Å². The highest BCUT2D eigenvalue weighted by Gasteiger charge is 2.36. The summed E-state index contributed by atoms with van der Waals surface area (Å²) in [6.45, 7) is 4.61. The lowest BCUT2D eigenvalue weighted by Gasteiger charge is -2.42. The summed E-state index contributed by atoms with van der Waals surface area (Å²) in [4.78, 5) is 0. The van der Waals surface area contributed by atoms with E-state index in [0.717, 1.165) is 36.2 Å². The molecule has 0 aliphatic heterocycles. The molecule has 2 saturated carbocycles. The van der Waals surface area contributed by atoms with E-state index >= 15 is 4.39 Å². The fourth-order valence-corrected chi connectivity index (χ4v) is 7.40. The van der Waals surface area contributed by atoms with Gasteiger partial charge in [0.25, 0.3) is 0 Å². The SMILES string of the molecule is CCCCCCCC1CCc2cc(C3CCC4CC(CCC)CCC4C3)cc(F)c2C1. The molecule has 0 radical (unpaired) electrons. The van der Waals surface area contributed by atoms with Crippen molar-refractivity contribution in [3.8, 4) is 0 Å². The van der Waals surface area contributed by atoms with Crippen LogP contribution in [0.25, 0.3) is 0 Å². The zero-order valence-electron chi connectivity index (χ0n) is 20.4. The lowest BCUT2D eigenvalue weighted by molar-refractivity contribution is 0.114.